The zero-order chi connectivity index (χ0) is 14.0. The van der Waals surface area contributed by atoms with Crippen molar-refractivity contribution in [1.29, 1.82) is 5.26 Å². The van der Waals surface area contributed by atoms with E-state index in [-0.39, 0.29) is 15.8 Å². The van der Waals surface area contributed by atoms with Gasteiger partial charge in [0.1, 0.15) is 11.8 Å². The molecule has 0 saturated heterocycles. The molecule has 0 aliphatic heterocycles. The summed E-state index contributed by atoms with van der Waals surface area (Å²) >= 11 is 3.08. The molecule has 0 unspecified atom stereocenters. The molecule has 0 saturated carbocycles. The summed E-state index contributed by atoms with van der Waals surface area (Å²) in [6, 6.07) is 11.4. The maximum Gasteiger partial charge on any atom is 0.162 e. The van der Waals surface area contributed by atoms with Gasteiger partial charge in [-0.3, -0.25) is 0 Å². The fourth-order valence-electron chi connectivity index (χ4n) is 1.70. The molecule has 0 spiro atoms. The number of hydrogen-bond donors (Lipinski definition) is 1. The van der Waals surface area contributed by atoms with Crippen LogP contribution in [0.15, 0.2) is 40.9 Å². The minimum atomic E-state index is -0.491. The molecule has 19 heavy (non-hydrogen) atoms. The first-order valence-corrected chi connectivity index (χ1v) is 6.24. The highest BCUT2D eigenvalue weighted by atomic mass is 79.9. The molecule has 1 N–H and O–H groups in total. The number of nitrogens with zero attached hydrogens (tertiary/aromatic N) is 2. The van der Waals surface area contributed by atoms with E-state index in [1.165, 1.54) is 12.1 Å². The van der Waals surface area contributed by atoms with Crippen LogP contribution in [0.5, 0.6) is 5.75 Å². The largest absolute Gasteiger partial charge is 0.508 e. The van der Waals surface area contributed by atoms with E-state index in [9.17, 15) is 9.50 Å². The number of aromatic hydroxyl groups is 1. The van der Waals surface area contributed by atoms with Crippen molar-refractivity contribution in [3.8, 4) is 11.8 Å². The molecule has 2 aromatic rings. The Morgan fingerprint density at radius 3 is 2.42 bits per heavy atom. The van der Waals surface area contributed by atoms with Crippen LogP contribution in [-0.4, -0.2) is 12.2 Å². The number of hydrogen-bond acceptors (Lipinski definition) is 3. The van der Waals surface area contributed by atoms with Gasteiger partial charge in [0, 0.05) is 12.7 Å². The zero-order valence-corrected chi connectivity index (χ0v) is 11.6. The van der Waals surface area contributed by atoms with Crippen LogP contribution in [0.1, 0.15) is 5.56 Å². The molecule has 0 fully saturated rings. The molecule has 5 heteroatoms. The third-order valence-electron chi connectivity index (χ3n) is 2.78. The Bertz CT molecular complexity index is 650. The third kappa shape index (κ3) is 2.54. The SMILES string of the molecule is CN(c1ccc(O)cc1)c1ccc(C#N)c(Br)c1F. The second-order valence-corrected chi connectivity index (χ2v) is 4.74. The molecule has 0 bridgehead atoms. The zero-order valence-electron chi connectivity index (χ0n) is 10.1. The van der Waals surface area contributed by atoms with Crippen LogP contribution < -0.4 is 4.90 Å². The number of nitriles is 1. The van der Waals surface area contributed by atoms with Crippen LogP contribution >= 0.6 is 15.9 Å². The monoisotopic (exact) mass is 320 g/mol. The van der Waals surface area contributed by atoms with Crippen molar-refractivity contribution in [1.82, 2.24) is 0 Å². The molecule has 96 valence electrons. The summed E-state index contributed by atoms with van der Waals surface area (Å²) in [5, 5.41) is 18.1. The highest BCUT2D eigenvalue weighted by Crippen LogP contribution is 2.32. The minimum Gasteiger partial charge on any atom is -0.508 e. The van der Waals surface area contributed by atoms with Crippen LogP contribution in [-0.2, 0) is 0 Å². The van der Waals surface area contributed by atoms with Crippen LogP contribution in [0, 0.1) is 17.1 Å². The van der Waals surface area contributed by atoms with Gasteiger partial charge >= 0.3 is 0 Å². The molecule has 0 radical (unpaired) electrons. The Hall–Kier alpha value is -2.06. The molecule has 0 atom stereocenters. The summed E-state index contributed by atoms with van der Waals surface area (Å²) in [4.78, 5) is 1.64. The lowest BCUT2D eigenvalue weighted by Gasteiger charge is -2.20. The highest BCUT2D eigenvalue weighted by molar-refractivity contribution is 9.10. The van der Waals surface area contributed by atoms with Gasteiger partial charge in [-0.1, -0.05) is 0 Å². The van der Waals surface area contributed by atoms with Crippen molar-refractivity contribution in [3.05, 3.63) is 52.3 Å². The highest BCUT2D eigenvalue weighted by Gasteiger charge is 2.15. The van der Waals surface area contributed by atoms with E-state index < -0.39 is 5.82 Å². The average Bonchev–Trinajstić information content (AvgIpc) is 2.42. The number of rotatable bonds is 2. The molecule has 3 nitrogen and oxygen atoms in total. The lowest BCUT2D eigenvalue weighted by Crippen LogP contribution is -2.11. The first kappa shape index (κ1) is 13.4. The maximum atomic E-state index is 14.2. The molecule has 0 aromatic heterocycles. The Morgan fingerprint density at radius 1 is 1.21 bits per heavy atom. The second-order valence-electron chi connectivity index (χ2n) is 3.95. The van der Waals surface area contributed by atoms with Crippen LogP contribution in [0.25, 0.3) is 0 Å². The number of phenolic OH excluding ortho intramolecular Hbond substituents is 1. The van der Waals surface area contributed by atoms with E-state index >= 15 is 0 Å². The molecule has 2 rings (SSSR count). The van der Waals surface area contributed by atoms with Gasteiger partial charge < -0.3 is 10.0 Å². The van der Waals surface area contributed by atoms with Crippen molar-refractivity contribution in [2.24, 2.45) is 0 Å². The molecular weight excluding hydrogens is 311 g/mol. The van der Waals surface area contributed by atoms with E-state index in [0.29, 0.717) is 5.69 Å². The first-order valence-electron chi connectivity index (χ1n) is 5.45. The second kappa shape index (κ2) is 5.29. The lowest BCUT2D eigenvalue weighted by molar-refractivity contribution is 0.475. The minimum absolute atomic E-state index is 0.151. The Morgan fingerprint density at radius 2 is 1.84 bits per heavy atom. The first-order chi connectivity index (χ1) is 9.04. The smallest absolute Gasteiger partial charge is 0.162 e. The van der Waals surface area contributed by atoms with Gasteiger partial charge in [0.05, 0.1) is 15.7 Å². The number of anilines is 2. The van der Waals surface area contributed by atoms with E-state index in [1.807, 2.05) is 6.07 Å². The van der Waals surface area contributed by atoms with Crippen LogP contribution in [0.3, 0.4) is 0 Å². The van der Waals surface area contributed by atoms with Gasteiger partial charge in [0.25, 0.3) is 0 Å². The maximum absolute atomic E-state index is 14.2. The molecule has 0 aliphatic rings. The van der Waals surface area contributed by atoms with Crippen LogP contribution in [0.2, 0.25) is 0 Å². The van der Waals surface area contributed by atoms with E-state index in [2.05, 4.69) is 15.9 Å². The fourth-order valence-corrected chi connectivity index (χ4v) is 2.12. The Kier molecular flexibility index (Phi) is 3.72. The molecule has 0 aliphatic carbocycles. The summed E-state index contributed by atoms with van der Waals surface area (Å²) in [5.41, 5.74) is 1.32. The van der Waals surface area contributed by atoms with Gasteiger partial charge in [-0.2, -0.15) is 5.26 Å². The third-order valence-corrected chi connectivity index (χ3v) is 3.56. The fraction of sp³-hybridized carbons (Fsp3) is 0.0714. The van der Waals surface area contributed by atoms with Crippen molar-refractivity contribution < 1.29 is 9.50 Å². The van der Waals surface area contributed by atoms with E-state index in [1.54, 1.807) is 36.2 Å². The van der Waals surface area contributed by atoms with Gasteiger partial charge in [-0.05, 0) is 52.3 Å². The molecule has 2 aromatic carbocycles. The summed E-state index contributed by atoms with van der Waals surface area (Å²) in [6.45, 7) is 0. The van der Waals surface area contributed by atoms with Crippen molar-refractivity contribution in [2.45, 2.75) is 0 Å². The summed E-state index contributed by atoms with van der Waals surface area (Å²) in [7, 11) is 1.71. The molecular formula is C14H10BrFN2O. The lowest BCUT2D eigenvalue weighted by atomic mass is 10.2. The van der Waals surface area contributed by atoms with E-state index in [0.717, 1.165) is 5.69 Å². The van der Waals surface area contributed by atoms with E-state index in [4.69, 9.17) is 5.26 Å². The standard InChI is InChI=1S/C14H10BrFN2O/c1-18(10-3-5-11(19)6-4-10)12-7-2-9(8-17)13(15)14(12)16/h2-7,19H,1H3. The molecule has 0 amide bonds. The number of phenols is 1. The Balaban J connectivity index is 2.45. The Labute approximate surface area is 118 Å². The summed E-state index contributed by atoms with van der Waals surface area (Å²) in [6.07, 6.45) is 0. The predicted octanol–water partition coefficient (Wildman–Crippen LogP) is 3.93. The normalized spacial score (nSPS) is 10.0. The summed E-state index contributed by atoms with van der Waals surface area (Å²) < 4.78 is 14.3. The van der Waals surface area contributed by atoms with Crippen molar-refractivity contribution >= 4 is 27.3 Å². The van der Waals surface area contributed by atoms with Crippen molar-refractivity contribution in [2.75, 3.05) is 11.9 Å². The topological polar surface area (TPSA) is 47.3 Å². The molecule has 0 heterocycles. The quantitative estimate of drug-likeness (QED) is 0.911. The van der Waals surface area contributed by atoms with Gasteiger partial charge in [-0.15, -0.1) is 0 Å². The van der Waals surface area contributed by atoms with Crippen LogP contribution in [0.4, 0.5) is 15.8 Å². The number of halogens is 2. The number of benzene rings is 2. The van der Waals surface area contributed by atoms with Gasteiger partial charge in [0.15, 0.2) is 5.82 Å². The average molecular weight is 321 g/mol. The van der Waals surface area contributed by atoms with Gasteiger partial charge in [-0.25, -0.2) is 4.39 Å². The van der Waals surface area contributed by atoms with Crippen molar-refractivity contribution in [3.63, 3.8) is 0 Å². The predicted molar refractivity (Wildman–Crippen MR) is 75.0 cm³/mol. The summed E-state index contributed by atoms with van der Waals surface area (Å²) in [5.74, 6) is -0.340. The van der Waals surface area contributed by atoms with Gasteiger partial charge in [0.2, 0.25) is 0 Å².